The predicted octanol–water partition coefficient (Wildman–Crippen LogP) is 5.02. The summed E-state index contributed by atoms with van der Waals surface area (Å²) in [6.45, 7) is 5.48. The number of allylic oxidation sites excluding steroid dienone is 1. The zero-order valence-corrected chi connectivity index (χ0v) is 16.8. The number of rotatable bonds is 0. The Hall–Kier alpha value is -0.770. The molecule has 1 spiro atoms. The summed E-state index contributed by atoms with van der Waals surface area (Å²) in [5.74, 6) is -2.42. The van der Waals surface area contributed by atoms with Gasteiger partial charge in [-0.2, -0.15) is 0 Å². The molecule has 0 unspecified atom stereocenters. The number of carbonyl (C=O) groups is 1. The molecule has 1 aliphatic heterocycles. The highest BCUT2D eigenvalue weighted by Crippen LogP contribution is 2.82. The number of hydrogen-bond donors (Lipinski definition) is 0. The Bertz CT molecular complexity index is 826. The maximum absolute atomic E-state index is 15.2. The van der Waals surface area contributed by atoms with E-state index in [1.54, 1.807) is 6.08 Å². The minimum Gasteiger partial charge on any atom is -0.374 e. The fourth-order valence-electron chi connectivity index (χ4n) is 9.78. The average molecular weight is 388 g/mol. The molecule has 0 aromatic rings. The molecule has 1 saturated heterocycles. The zero-order valence-electron chi connectivity index (χ0n) is 16.8. The van der Waals surface area contributed by atoms with Gasteiger partial charge < -0.3 is 4.74 Å². The molecule has 0 bridgehead atoms. The van der Waals surface area contributed by atoms with Crippen molar-refractivity contribution in [3.8, 4) is 0 Å². The Morgan fingerprint density at radius 2 is 1.86 bits per heavy atom. The number of halogens is 2. The van der Waals surface area contributed by atoms with E-state index < -0.39 is 17.8 Å². The van der Waals surface area contributed by atoms with Crippen LogP contribution in [0.3, 0.4) is 0 Å². The van der Waals surface area contributed by atoms with Gasteiger partial charge in [0.1, 0.15) is 0 Å². The summed E-state index contributed by atoms with van der Waals surface area (Å²) in [6, 6.07) is 0. The van der Waals surface area contributed by atoms with E-state index in [4.69, 9.17) is 4.74 Å². The number of fused-ring (bicyclic) bond motifs is 11. The molecule has 0 aromatic carbocycles. The second-order valence-electron chi connectivity index (χ2n) is 11.6. The van der Waals surface area contributed by atoms with Crippen LogP contribution in [-0.4, -0.2) is 23.9 Å². The Labute approximate surface area is 165 Å². The van der Waals surface area contributed by atoms with Crippen molar-refractivity contribution in [2.75, 3.05) is 6.61 Å². The number of hydrogen-bond acceptors (Lipinski definition) is 2. The van der Waals surface area contributed by atoms with Gasteiger partial charge in [-0.3, -0.25) is 4.79 Å². The lowest BCUT2D eigenvalue weighted by Crippen LogP contribution is -2.56. The van der Waals surface area contributed by atoms with Crippen LogP contribution in [0.1, 0.15) is 58.8 Å². The first-order chi connectivity index (χ1) is 13.3. The molecule has 0 amide bonds. The van der Waals surface area contributed by atoms with Crippen molar-refractivity contribution >= 4 is 5.78 Å². The fourth-order valence-corrected chi connectivity index (χ4v) is 9.78. The van der Waals surface area contributed by atoms with Crippen LogP contribution in [0.15, 0.2) is 11.6 Å². The first-order valence-corrected chi connectivity index (χ1v) is 11.5. The first kappa shape index (κ1) is 17.0. The van der Waals surface area contributed by atoms with Crippen LogP contribution >= 0.6 is 0 Å². The van der Waals surface area contributed by atoms with Crippen LogP contribution in [0, 0.1) is 52.3 Å². The molecule has 2 nitrogen and oxygen atoms in total. The molecule has 6 aliphatic carbocycles. The summed E-state index contributed by atoms with van der Waals surface area (Å²) in [5, 5.41) is 0. The molecule has 6 fully saturated rings. The van der Waals surface area contributed by atoms with Crippen LogP contribution in [0.4, 0.5) is 8.78 Å². The number of ether oxygens (including phenoxy) is 1. The Morgan fingerprint density at radius 1 is 1.07 bits per heavy atom. The summed E-state index contributed by atoms with van der Waals surface area (Å²) in [4.78, 5) is 12.4. The van der Waals surface area contributed by atoms with Crippen LogP contribution < -0.4 is 0 Å². The maximum Gasteiger partial charge on any atom is 0.258 e. The van der Waals surface area contributed by atoms with Gasteiger partial charge in [0, 0.05) is 18.4 Å². The molecular weight excluding hydrogens is 358 g/mol. The Balaban J connectivity index is 1.36. The van der Waals surface area contributed by atoms with Gasteiger partial charge in [0.15, 0.2) is 5.78 Å². The smallest absolute Gasteiger partial charge is 0.258 e. The lowest BCUT2D eigenvalue weighted by atomic mass is 9.46. The van der Waals surface area contributed by atoms with Crippen LogP contribution in [0.2, 0.25) is 0 Å². The molecule has 7 rings (SSSR count). The van der Waals surface area contributed by atoms with Gasteiger partial charge in [-0.25, -0.2) is 8.78 Å². The van der Waals surface area contributed by atoms with Gasteiger partial charge in [-0.05, 0) is 85.5 Å². The summed E-state index contributed by atoms with van der Waals surface area (Å²) < 4.78 is 36.9. The first-order valence-electron chi connectivity index (χ1n) is 11.5. The third-order valence-corrected chi connectivity index (χ3v) is 11.2. The summed E-state index contributed by atoms with van der Waals surface area (Å²) >= 11 is 0. The van der Waals surface area contributed by atoms with Crippen molar-refractivity contribution in [1.29, 1.82) is 0 Å². The highest BCUT2D eigenvalue weighted by atomic mass is 19.3. The summed E-state index contributed by atoms with van der Waals surface area (Å²) in [5.41, 5.74) is 0.682. The van der Waals surface area contributed by atoms with Gasteiger partial charge in [0.2, 0.25) is 0 Å². The number of ketones is 1. The average Bonchev–Trinajstić information content (AvgIpc) is 3.45. The molecule has 10 atom stereocenters. The van der Waals surface area contributed by atoms with E-state index in [0.717, 1.165) is 57.1 Å². The third-order valence-electron chi connectivity index (χ3n) is 11.2. The topological polar surface area (TPSA) is 26.3 Å². The van der Waals surface area contributed by atoms with E-state index in [-0.39, 0.29) is 34.1 Å². The van der Waals surface area contributed by atoms with Gasteiger partial charge in [0.25, 0.3) is 5.92 Å². The van der Waals surface area contributed by atoms with Crippen LogP contribution in [-0.2, 0) is 9.53 Å². The highest BCUT2D eigenvalue weighted by Gasteiger charge is 2.83. The third kappa shape index (κ3) is 1.57. The molecule has 0 N–H and O–H groups in total. The van der Waals surface area contributed by atoms with Crippen molar-refractivity contribution in [1.82, 2.24) is 0 Å². The van der Waals surface area contributed by atoms with Crippen LogP contribution in [0.25, 0.3) is 0 Å². The van der Waals surface area contributed by atoms with Crippen molar-refractivity contribution in [2.45, 2.75) is 70.3 Å². The maximum atomic E-state index is 15.2. The molecule has 5 saturated carbocycles. The minimum absolute atomic E-state index is 0.0516. The van der Waals surface area contributed by atoms with E-state index in [9.17, 15) is 4.79 Å². The molecule has 7 aliphatic rings. The van der Waals surface area contributed by atoms with E-state index in [2.05, 4.69) is 13.8 Å². The normalized spacial score (nSPS) is 62.4. The SMILES string of the molecule is C[C@@]12C(=CC(=O)[C@@H]3C[C@@H]31)[C@@H]1[C@H]([C@@H]3[C@@H]2CC[C@@]2(C)[C@H]3CC[C@@]23CCCO3)C1(F)F. The molecule has 4 heteroatoms. The fraction of sp³-hybridized carbons (Fsp3) is 0.875. The molecule has 0 radical (unpaired) electrons. The molecule has 1 heterocycles. The lowest BCUT2D eigenvalue weighted by Gasteiger charge is -2.59. The predicted molar refractivity (Wildman–Crippen MR) is 99.7 cm³/mol. The lowest BCUT2D eigenvalue weighted by molar-refractivity contribution is -0.142. The second kappa shape index (κ2) is 4.60. The van der Waals surface area contributed by atoms with Gasteiger partial charge in [-0.15, -0.1) is 0 Å². The summed E-state index contributed by atoms with van der Waals surface area (Å²) in [7, 11) is 0. The molecular formula is C24H30F2O2. The quantitative estimate of drug-likeness (QED) is 0.582. The minimum atomic E-state index is -2.61. The van der Waals surface area contributed by atoms with Crippen molar-refractivity contribution in [2.24, 2.45) is 52.3 Å². The largest absolute Gasteiger partial charge is 0.374 e. The highest BCUT2D eigenvalue weighted by molar-refractivity contribution is 5.96. The monoisotopic (exact) mass is 388 g/mol. The van der Waals surface area contributed by atoms with Crippen LogP contribution in [0.5, 0.6) is 0 Å². The number of carbonyl (C=O) groups excluding carboxylic acids is 1. The van der Waals surface area contributed by atoms with Gasteiger partial charge in [-0.1, -0.05) is 19.4 Å². The standard InChI is InChI=1S/C24H30F2O2/c1-21-7-4-14-18(13(21)5-8-23(21)6-3-9-28-23)20-19(24(20,25)26)16-11-17(27)12-10-15(12)22(14,16)2/h11-15,18-20H,3-10H2,1-2H3/t12-,13+,14+,15+,18+,19-,20+,21+,22+,23+/m1/s1. The molecule has 0 aromatic heterocycles. The second-order valence-corrected chi connectivity index (χ2v) is 11.6. The van der Waals surface area contributed by atoms with Crippen molar-refractivity contribution in [3.05, 3.63) is 11.6 Å². The number of alkyl halides is 2. The van der Waals surface area contributed by atoms with E-state index >= 15 is 8.78 Å². The Morgan fingerprint density at radius 3 is 2.61 bits per heavy atom. The summed E-state index contributed by atoms with van der Waals surface area (Å²) in [6.07, 6.45) is 9.11. The van der Waals surface area contributed by atoms with Gasteiger partial charge >= 0.3 is 0 Å². The van der Waals surface area contributed by atoms with Crippen molar-refractivity contribution < 1.29 is 18.3 Å². The zero-order chi connectivity index (χ0) is 19.3. The molecule has 152 valence electrons. The molecule has 28 heavy (non-hydrogen) atoms. The van der Waals surface area contributed by atoms with E-state index in [0.29, 0.717) is 17.8 Å². The van der Waals surface area contributed by atoms with Gasteiger partial charge in [0.05, 0.1) is 11.5 Å². The van der Waals surface area contributed by atoms with E-state index in [1.165, 1.54) is 0 Å². The van der Waals surface area contributed by atoms with Crippen molar-refractivity contribution in [3.63, 3.8) is 0 Å². The van der Waals surface area contributed by atoms with E-state index in [1.807, 2.05) is 0 Å². The Kier molecular flexibility index (Phi) is 2.79.